The second-order valence-corrected chi connectivity index (χ2v) is 3.13. The molecule has 58 valence electrons. The van der Waals surface area contributed by atoms with Gasteiger partial charge in [0.25, 0.3) is 5.88 Å². The zero-order chi connectivity index (χ0) is 8.10. The van der Waals surface area contributed by atoms with E-state index in [1.54, 1.807) is 6.07 Å². The number of nitrogens with zero attached hydrogens (tertiary/aromatic N) is 1. The molecule has 1 heterocycles. The Hall–Kier alpha value is 0.0300. The molecular formula is C6H3I2NO2. The van der Waals surface area contributed by atoms with E-state index in [4.69, 9.17) is 9.26 Å². The van der Waals surface area contributed by atoms with Crippen molar-refractivity contribution in [3.05, 3.63) is 9.83 Å². The molecule has 0 aromatic carbocycles. The Morgan fingerprint density at radius 1 is 1.73 bits per heavy atom. The summed E-state index contributed by atoms with van der Waals surface area (Å²) in [5.41, 5.74) is 0. The summed E-state index contributed by atoms with van der Waals surface area (Å²) in [6.45, 7) is 0.353. The predicted molar refractivity (Wildman–Crippen MR) is 56.5 cm³/mol. The molecule has 3 nitrogen and oxygen atoms in total. The lowest BCUT2D eigenvalue weighted by Crippen LogP contribution is -1.92. The Labute approximate surface area is 91.1 Å². The maximum Gasteiger partial charge on any atom is 0.256 e. The average Bonchev–Trinajstić information content (AvgIpc) is 2.37. The zero-order valence-electron chi connectivity index (χ0n) is 5.30. The Morgan fingerprint density at radius 2 is 2.55 bits per heavy atom. The maximum atomic E-state index is 5.08. The van der Waals surface area contributed by atoms with Gasteiger partial charge < -0.3 is 9.26 Å². The normalized spacial score (nSPS) is 8.55. The van der Waals surface area contributed by atoms with Crippen molar-refractivity contribution in [2.24, 2.45) is 0 Å². The van der Waals surface area contributed by atoms with Crippen LogP contribution in [0.5, 0.6) is 5.88 Å². The van der Waals surface area contributed by atoms with Gasteiger partial charge in [0.15, 0.2) is 10.4 Å². The first-order valence-electron chi connectivity index (χ1n) is 2.66. The van der Waals surface area contributed by atoms with Crippen molar-refractivity contribution in [1.29, 1.82) is 0 Å². The van der Waals surface area contributed by atoms with Gasteiger partial charge in [0, 0.05) is 45.2 Å². The second kappa shape index (κ2) is 4.82. The van der Waals surface area contributed by atoms with Crippen LogP contribution in [0.1, 0.15) is 0 Å². The summed E-state index contributed by atoms with van der Waals surface area (Å²) in [6, 6.07) is 1.70. The molecule has 5 heteroatoms. The molecule has 0 amide bonds. The van der Waals surface area contributed by atoms with Crippen LogP contribution in [0.3, 0.4) is 0 Å². The van der Waals surface area contributed by atoms with E-state index in [2.05, 4.69) is 15.0 Å². The fraction of sp³-hybridized carbons (Fsp3) is 0.167. The van der Waals surface area contributed by atoms with Gasteiger partial charge >= 0.3 is 0 Å². The monoisotopic (exact) mass is 375 g/mol. The van der Waals surface area contributed by atoms with Crippen LogP contribution in [0.15, 0.2) is 10.6 Å². The Bertz CT molecular complexity index is 286. The molecule has 1 aromatic rings. The van der Waals surface area contributed by atoms with Crippen molar-refractivity contribution in [3.63, 3.8) is 0 Å². The van der Waals surface area contributed by atoms with Crippen LogP contribution in [0.25, 0.3) is 0 Å². The standard InChI is InChI=1S/C6H3I2NO2/c7-2-1-3-10-6-4-5(8)11-9-6/h4H,3H2. The third-order valence-electron chi connectivity index (χ3n) is 0.819. The molecular weight excluding hydrogens is 372 g/mol. The Morgan fingerprint density at radius 3 is 3.09 bits per heavy atom. The molecule has 0 aliphatic heterocycles. The molecule has 0 spiro atoms. The first-order valence-corrected chi connectivity index (χ1v) is 4.82. The van der Waals surface area contributed by atoms with Gasteiger partial charge in [0.1, 0.15) is 0 Å². The molecule has 1 rings (SSSR count). The van der Waals surface area contributed by atoms with Crippen molar-refractivity contribution >= 4 is 45.2 Å². The van der Waals surface area contributed by atoms with Crippen LogP contribution < -0.4 is 4.74 Å². The van der Waals surface area contributed by atoms with Crippen molar-refractivity contribution in [3.8, 4) is 15.7 Å². The summed E-state index contributed by atoms with van der Waals surface area (Å²) in [6.07, 6.45) is 0. The van der Waals surface area contributed by atoms with E-state index < -0.39 is 0 Å². The fourth-order valence-electron chi connectivity index (χ4n) is 0.444. The third-order valence-corrected chi connectivity index (χ3v) is 1.71. The van der Waals surface area contributed by atoms with Crippen LogP contribution in [0.2, 0.25) is 0 Å². The van der Waals surface area contributed by atoms with Crippen LogP contribution >= 0.6 is 45.2 Å². The smallest absolute Gasteiger partial charge is 0.256 e. The highest BCUT2D eigenvalue weighted by molar-refractivity contribution is 14.1. The SMILES string of the molecule is IC#CCOc1cc(I)on1. The molecule has 0 aliphatic carbocycles. The number of hydrogen-bond acceptors (Lipinski definition) is 3. The largest absolute Gasteiger partial charge is 0.462 e. The number of halogens is 2. The Kier molecular flexibility index (Phi) is 3.99. The van der Waals surface area contributed by atoms with Gasteiger partial charge in [-0.2, -0.15) is 0 Å². The summed E-state index contributed by atoms with van der Waals surface area (Å²) in [5, 5.41) is 3.61. The molecule has 11 heavy (non-hydrogen) atoms. The van der Waals surface area contributed by atoms with Crippen molar-refractivity contribution in [2.75, 3.05) is 6.61 Å². The first kappa shape index (κ1) is 9.12. The van der Waals surface area contributed by atoms with Gasteiger partial charge in [-0.15, -0.1) is 0 Å². The molecule has 0 bridgehead atoms. The molecule has 0 N–H and O–H groups in total. The fourth-order valence-corrected chi connectivity index (χ4v) is 0.964. The number of ether oxygens (including phenoxy) is 1. The van der Waals surface area contributed by atoms with E-state index in [1.165, 1.54) is 0 Å². The quantitative estimate of drug-likeness (QED) is 0.587. The van der Waals surface area contributed by atoms with E-state index in [0.29, 0.717) is 16.3 Å². The summed E-state index contributed by atoms with van der Waals surface area (Å²) in [7, 11) is 0. The van der Waals surface area contributed by atoms with Crippen LogP contribution in [-0.4, -0.2) is 11.8 Å². The molecule has 1 aromatic heterocycles. The van der Waals surface area contributed by atoms with Gasteiger partial charge in [0.05, 0.1) is 6.07 Å². The average molecular weight is 375 g/mol. The number of hydrogen-bond donors (Lipinski definition) is 0. The Balaban J connectivity index is 2.43. The van der Waals surface area contributed by atoms with Gasteiger partial charge in [-0.05, 0) is 9.08 Å². The molecule has 0 fully saturated rings. The molecule has 0 saturated carbocycles. The summed E-state index contributed by atoms with van der Waals surface area (Å²) in [5.74, 6) is 3.22. The highest BCUT2D eigenvalue weighted by atomic mass is 127. The van der Waals surface area contributed by atoms with Crippen LogP contribution in [-0.2, 0) is 0 Å². The highest BCUT2D eigenvalue weighted by Gasteiger charge is 1.99. The topological polar surface area (TPSA) is 35.3 Å². The van der Waals surface area contributed by atoms with Gasteiger partial charge in [0.2, 0.25) is 0 Å². The maximum absolute atomic E-state index is 5.08. The van der Waals surface area contributed by atoms with Gasteiger partial charge in [-0.3, -0.25) is 0 Å². The first-order chi connectivity index (χ1) is 5.33. The summed E-state index contributed by atoms with van der Waals surface area (Å²) >= 11 is 3.96. The summed E-state index contributed by atoms with van der Waals surface area (Å²) < 4.78 is 13.2. The lowest BCUT2D eigenvalue weighted by molar-refractivity contribution is 0.309. The molecule has 0 atom stereocenters. The van der Waals surface area contributed by atoms with E-state index in [-0.39, 0.29) is 0 Å². The molecule has 0 radical (unpaired) electrons. The highest BCUT2D eigenvalue weighted by Crippen LogP contribution is 2.12. The zero-order valence-corrected chi connectivity index (χ0v) is 9.62. The number of rotatable bonds is 2. The second-order valence-electron chi connectivity index (χ2n) is 1.53. The lowest BCUT2D eigenvalue weighted by atomic mass is 10.7. The van der Waals surface area contributed by atoms with Gasteiger partial charge in [-0.1, -0.05) is 5.92 Å². The van der Waals surface area contributed by atoms with Crippen LogP contribution in [0.4, 0.5) is 0 Å². The van der Waals surface area contributed by atoms with E-state index >= 15 is 0 Å². The predicted octanol–water partition coefficient (Wildman–Crippen LogP) is 2.05. The number of aromatic nitrogens is 1. The van der Waals surface area contributed by atoms with Crippen molar-refractivity contribution < 1.29 is 9.26 Å². The minimum atomic E-state index is 0.353. The van der Waals surface area contributed by atoms with Crippen molar-refractivity contribution in [1.82, 2.24) is 5.16 Å². The summed E-state index contributed by atoms with van der Waals surface area (Å²) in [4.78, 5) is 0. The van der Waals surface area contributed by atoms with E-state index in [0.717, 1.165) is 0 Å². The minimum absolute atomic E-state index is 0.353. The molecule has 0 saturated heterocycles. The van der Waals surface area contributed by atoms with Gasteiger partial charge in [-0.25, -0.2) is 0 Å². The third kappa shape index (κ3) is 3.29. The van der Waals surface area contributed by atoms with E-state index in [9.17, 15) is 0 Å². The molecule has 0 aliphatic rings. The lowest BCUT2D eigenvalue weighted by Gasteiger charge is -1.90. The van der Waals surface area contributed by atoms with Crippen LogP contribution in [0, 0.1) is 13.6 Å². The molecule has 0 unspecified atom stereocenters. The van der Waals surface area contributed by atoms with Crippen molar-refractivity contribution in [2.45, 2.75) is 0 Å². The minimum Gasteiger partial charge on any atom is -0.462 e. The van der Waals surface area contributed by atoms with E-state index in [1.807, 2.05) is 45.2 Å².